The number of carbonyl (C=O) groups excluding carboxylic acids is 1. The maximum atomic E-state index is 11.9. The first kappa shape index (κ1) is 13.0. The lowest BCUT2D eigenvalue weighted by molar-refractivity contribution is 0.0696. The van der Waals surface area contributed by atoms with Crippen LogP contribution < -0.4 is 5.32 Å². The molecule has 0 atom stereocenters. The van der Waals surface area contributed by atoms with Crippen molar-refractivity contribution < 1.29 is 14.7 Å². The Hall–Kier alpha value is -2.47. The third-order valence-corrected chi connectivity index (χ3v) is 2.55. The zero-order valence-corrected chi connectivity index (χ0v) is 10.3. The van der Waals surface area contributed by atoms with Crippen LogP contribution in [0.3, 0.4) is 0 Å². The molecule has 6 nitrogen and oxygen atoms in total. The van der Waals surface area contributed by atoms with Gasteiger partial charge < -0.3 is 10.4 Å². The number of nitrogens with one attached hydrogen (secondary N) is 1. The number of hydrogen-bond donors (Lipinski definition) is 2. The van der Waals surface area contributed by atoms with Gasteiger partial charge in [-0.2, -0.15) is 0 Å². The summed E-state index contributed by atoms with van der Waals surface area (Å²) in [4.78, 5) is 30.3. The molecule has 0 aliphatic rings. The van der Waals surface area contributed by atoms with Crippen molar-refractivity contribution in [3.8, 4) is 0 Å². The normalized spacial score (nSPS) is 9.95. The van der Waals surface area contributed by atoms with E-state index in [1.54, 1.807) is 6.07 Å². The van der Waals surface area contributed by atoms with Crippen LogP contribution >= 0.6 is 11.6 Å². The van der Waals surface area contributed by atoms with Gasteiger partial charge in [0.2, 0.25) is 0 Å². The quantitative estimate of drug-likeness (QED) is 0.838. The third kappa shape index (κ3) is 3.05. The number of carboxylic acid groups (broad SMARTS) is 1. The zero-order valence-electron chi connectivity index (χ0n) is 9.50. The van der Waals surface area contributed by atoms with Crippen molar-refractivity contribution in [2.45, 2.75) is 0 Å². The van der Waals surface area contributed by atoms with Gasteiger partial charge in [-0.05, 0) is 24.3 Å². The number of amides is 1. The molecule has 0 aliphatic carbocycles. The molecule has 2 aromatic rings. The van der Waals surface area contributed by atoms with Crippen LogP contribution in [0.4, 0.5) is 5.82 Å². The van der Waals surface area contributed by atoms with E-state index in [0.29, 0.717) is 0 Å². The van der Waals surface area contributed by atoms with E-state index in [1.165, 1.54) is 30.6 Å². The molecule has 2 N–H and O–H groups in total. The van der Waals surface area contributed by atoms with E-state index in [9.17, 15) is 9.59 Å². The second-order valence-electron chi connectivity index (χ2n) is 3.53. The van der Waals surface area contributed by atoms with Crippen LogP contribution in [0.1, 0.15) is 20.7 Å². The van der Waals surface area contributed by atoms with E-state index in [1.807, 2.05) is 0 Å². The largest absolute Gasteiger partial charge is 0.478 e. The van der Waals surface area contributed by atoms with E-state index < -0.39 is 11.9 Å². The van der Waals surface area contributed by atoms with Crippen molar-refractivity contribution in [3.05, 3.63) is 52.9 Å². The molecule has 2 rings (SSSR count). The van der Waals surface area contributed by atoms with Gasteiger partial charge >= 0.3 is 5.97 Å². The Morgan fingerprint density at radius 3 is 2.68 bits per heavy atom. The summed E-state index contributed by atoms with van der Waals surface area (Å²) < 4.78 is 0. The van der Waals surface area contributed by atoms with Gasteiger partial charge in [0.1, 0.15) is 11.0 Å². The number of rotatable bonds is 3. The van der Waals surface area contributed by atoms with Crippen LogP contribution in [0.15, 0.2) is 36.7 Å². The first-order valence-electron chi connectivity index (χ1n) is 5.19. The van der Waals surface area contributed by atoms with Gasteiger partial charge in [-0.3, -0.25) is 4.79 Å². The molecule has 0 unspecified atom stereocenters. The number of pyridine rings is 2. The number of nitrogens with zero attached hydrogens (tertiary/aromatic N) is 2. The lowest BCUT2D eigenvalue weighted by Crippen LogP contribution is -2.14. The molecule has 0 bridgehead atoms. The van der Waals surface area contributed by atoms with E-state index >= 15 is 0 Å². The molecular formula is C12H8ClN3O3. The minimum absolute atomic E-state index is 0.0302. The molecule has 0 spiro atoms. The average molecular weight is 278 g/mol. The minimum Gasteiger partial charge on any atom is -0.478 e. The highest BCUT2D eigenvalue weighted by molar-refractivity contribution is 6.33. The molecule has 0 aromatic carbocycles. The Kier molecular flexibility index (Phi) is 3.72. The fourth-order valence-electron chi connectivity index (χ4n) is 1.37. The fraction of sp³-hybridized carbons (Fsp3) is 0. The first-order chi connectivity index (χ1) is 9.08. The van der Waals surface area contributed by atoms with E-state index in [2.05, 4.69) is 15.3 Å². The molecule has 2 aromatic heterocycles. The fourth-order valence-corrected chi connectivity index (χ4v) is 1.58. The topological polar surface area (TPSA) is 92.2 Å². The Morgan fingerprint density at radius 2 is 2.00 bits per heavy atom. The van der Waals surface area contributed by atoms with Crippen molar-refractivity contribution in [2.24, 2.45) is 0 Å². The highest BCUT2D eigenvalue weighted by Crippen LogP contribution is 2.14. The van der Waals surface area contributed by atoms with Crippen LogP contribution in [0.2, 0.25) is 5.15 Å². The zero-order chi connectivity index (χ0) is 13.8. The molecule has 96 valence electrons. The molecular weight excluding hydrogens is 270 g/mol. The van der Waals surface area contributed by atoms with Crippen molar-refractivity contribution in [1.82, 2.24) is 9.97 Å². The third-order valence-electron chi connectivity index (χ3n) is 2.25. The molecule has 0 aliphatic heterocycles. The van der Waals surface area contributed by atoms with Crippen molar-refractivity contribution in [3.63, 3.8) is 0 Å². The van der Waals surface area contributed by atoms with Gasteiger partial charge in [-0.25, -0.2) is 14.8 Å². The molecule has 1 amide bonds. The molecule has 19 heavy (non-hydrogen) atoms. The Bertz CT molecular complexity index is 646. The van der Waals surface area contributed by atoms with Crippen molar-refractivity contribution in [1.29, 1.82) is 0 Å². The summed E-state index contributed by atoms with van der Waals surface area (Å²) in [6, 6.07) is 5.66. The predicted octanol–water partition coefficient (Wildman–Crippen LogP) is 2.08. The number of hydrogen-bond acceptors (Lipinski definition) is 4. The van der Waals surface area contributed by atoms with Crippen LogP contribution in [0.25, 0.3) is 0 Å². The van der Waals surface area contributed by atoms with E-state index in [0.717, 1.165) is 0 Å². The number of halogens is 1. The number of anilines is 1. The molecule has 0 fully saturated rings. The van der Waals surface area contributed by atoms with E-state index in [4.69, 9.17) is 16.7 Å². The summed E-state index contributed by atoms with van der Waals surface area (Å²) in [5, 5.41) is 11.4. The average Bonchev–Trinajstić information content (AvgIpc) is 2.39. The van der Waals surface area contributed by atoms with E-state index in [-0.39, 0.29) is 22.1 Å². The number of carbonyl (C=O) groups is 2. The lowest BCUT2D eigenvalue weighted by Gasteiger charge is -2.05. The Labute approximate surface area is 113 Å². The SMILES string of the molecule is O=C(O)c1ccnc(NC(=O)c2cccnc2Cl)c1. The number of aromatic nitrogens is 2. The maximum Gasteiger partial charge on any atom is 0.335 e. The van der Waals surface area contributed by atoms with Gasteiger partial charge in [-0.15, -0.1) is 0 Å². The minimum atomic E-state index is -1.10. The first-order valence-corrected chi connectivity index (χ1v) is 5.57. The summed E-state index contributed by atoms with van der Waals surface area (Å²) >= 11 is 5.78. The Morgan fingerprint density at radius 1 is 1.21 bits per heavy atom. The second kappa shape index (κ2) is 5.45. The standard InChI is InChI=1S/C12H8ClN3O3/c13-10-8(2-1-4-15-10)11(17)16-9-6-7(12(18)19)3-5-14-9/h1-6H,(H,18,19)(H,14,16,17). The summed E-state index contributed by atoms with van der Waals surface area (Å²) in [6.45, 7) is 0. The summed E-state index contributed by atoms with van der Waals surface area (Å²) in [6.07, 6.45) is 2.76. The van der Waals surface area contributed by atoms with Crippen LogP contribution in [0, 0.1) is 0 Å². The van der Waals surface area contributed by atoms with Gasteiger partial charge in [0, 0.05) is 12.4 Å². The predicted molar refractivity (Wildman–Crippen MR) is 68.4 cm³/mol. The number of aromatic carboxylic acids is 1. The van der Waals surface area contributed by atoms with Crippen LogP contribution in [-0.4, -0.2) is 27.0 Å². The molecule has 0 radical (unpaired) electrons. The Balaban J connectivity index is 2.22. The molecule has 7 heteroatoms. The summed E-state index contributed by atoms with van der Waals surface area (Å²) in [7, 11) is 0. The highest BCUT2D eigenvalue weighted by Gasteiger charge is 2.12. The lowest BCUT2D eigenvalue weighted by atomic mass is 10.2. The smallest absolute Gasteiger partial charge is 0.335 e. The molecule has 2 heterocycles. The van der Waals surface area contributed by atoms with Crippen molar-refractivity contribution in [2.75, 3.05) is 5.32 Å². The van der Waals surface area contributed by atoms with Crippen molar-refractivity contribution >= 4 is 29.3 Å². The molecule has 0 saturated carbocycles. The highest BCUT2D eigenvalue weighted by atomic mass is 35.5. The van der Waals surface area contributed by atoms with Crippen LogP contribution in [-0.2, 0) is 0 Å². The molecule has 0 saturated heterocycles. The monoisotopic (exact) mass is 277 g/mol. The second-order valence-corrected chi connectivity index (χ2v) is 3.89. The van der Waals surface area contributed by atoms with Gasteiger partial charge in [-0.1, -0.05) is 11.6 Å². The van der Waals surface area contributed by atoms with Gasteiger partial charge in [0.15, 0.2) is 0 Å². The van der Waals surface area contributed by atoms with Crippen LogP contribution in [0.5, 0.6) is 0 Å². The summed E-state index contributed by atoms with van der Waals surface area (Å²) in [5.41, 5.74) is 0.217. The summed E-state index contributed by atoms with van der Waals surface area (Å²) in [5.74, 6) is -1.48. The van der Waals surface area contributed by atoms with Gasteiger partial charge in [0.05, 0.1) is 11.1 Å². The van der Waals surface area contributed by atoms with Gasteiger partial charge in [0.25, 0.3) is 5.91 Å². The maximum absolute atomic E-state index is 11.9. The number of carboxylic acids is 1.